The van der Waals surface area contributed by atoms with Gasteiger partial charge >= 0.3 is 0 Å². The summed E-state index contributed by atoms with van der Waals surface area (Å²) in [5, 5.41) is 2.58. The van der Waals surface area contributed by atoms with Crippen molar-refractivity contribution in [3.63, 3.8) is 0 Å². The number of benzene rings is 5. The molecule has 0 fully saturated rings. The monoisotopic (exact) mass is 556 g/mol. The summed E-state index contributed by atoms with van der Waals surface area (Å²) >= 11 is 1.69. The highest BCUT2D eigenvalue weighted by atomic mass is 32.2. The molecular weight excluding hydrogens is 529 g/mol. The molecule has 0 unspecified atom stereocenters. The molecule has 0 saturated heterocycles. The zero-order valence-corrected chi connectivity index (χ0v) is 23.9. The number of allylic oxidation sites excluding steroid dienone is 3. The van der Waals surface area contributed by atoms with Crippen molar-refractivity contribution in [2.24, 2.45) is 4.99 Å². The maximum absolute atomic E-state index is 4.85. The number of rotatable bonds is 3. The molecule has 0 N–H and O–H groups in total. The van der Waals surface area contributed by atoms with Gasteiger partial charge in [0.05, 0.1) is 5.70 Å². The molecule has 5 aromatic carbocycles. The first-order chi connectivity index (χ1) is 20.7. The van der Waals surface area contributed by atoms with E-state index in [2.05, 4.69) is 138 Å². The lowest BCUT2D eigenvalue weighted by Gasteiger charge is -2.25. The van der Waals surface area contributed by atoms with Gasteiger partial charge < -0.3 is 0 Å². The van der Waals surface area contributed by atoms with Gasteiger partial charge in [-0.2, -0.15) is 0 Å². The van der Waals surface area contributed by atoms with Crippen molar-refractivity contribution in [3.05, 3.63) is 156 Å². The lowest BCUT2D eigenvalue weighted by Crippen LogP contribution is -2.18. The van der Waals surface area contributed by atoms with Crippen LogP contribution in [-0.2, 0) is 6.42 Å². The second-order valence-corrected chi connectivity index (χ2v) is 11.8. The second kappa shape index (κ2) is 10.2. The Morgan fingerprint density at radius 2 is 1.43 bits per heavy atom. The first-order valence-electron chi connectivity index (χ1n) is 14.4. The van der Waals surface area contributed by atoms with E-state index in [0.29, 0.717) is 0 Å². The molecule has 2 aliphatic heterocycles. The molecular formula is C39H28N2S. The molecule has 200 valence electrons. The van der Waals surface area contributed by atoms with Crippen molar-refractivity contribution in [3.8, 4) is 22.3 Å². The molecule has 0 saturated carbocycles. The largest absolute Gasteiger partial charge is 0.271 e. The van der Waals surface area contributed by atoms with Crippen molar-refractivity contribution in [2.75, 3.05) is 0 Å². The van der Waals surface area contributed by atoms with Crippen molar-refractivity contribution in [2.45, 2.75) is 17.7 Å². The minimum atomic E-state index is 0.793. The van der Waals surface area contributed by atoms with E-state index in [-0.39, 0.29) is 0 Å². The van der Waals surface area contributed by atoms with Gasteiger partial charge in [0.2, 0.25) is 0 Å². The van der Waals surface area contributed by atoms with Crippen molar-refractivity contribution >= 4 is 45.9 Å². The van der Waals surface area contributed by atoms with Crippen molar-refractivity contribution in [1.29, 1.82) is 0 Å². The summed E-state index contributed by atoms with van der Waals surface area (Å²) < 4.78 is 2.17. The Morgan fingerprint density at radius 3 is 2.24 bits per heavy atom. The van der Waals surface area contributed by atoms with E-state index in [0.717, 1.165) is 40.4 Å². The molecule has 0 amide bonds. The van der Waals surface area contributed by atoms with Crippen LogP contribution in [-0.4, -0.2) is 10.1 Å². The van der Waals surface area contributed by atoms with Crippen LogP contribution in [0.5, 0.6) is 0 Å². The maximum Gasteiger partial charge on any atom is 0.143 e. The third-order valence-corrected chi connectivity index (χ3v) is 9.34. The molecule has 0 atom stereocenters. The standard InChI is InChI=1S/C39H28N2S/c1-26-31-16-10-11-19-36(31)42-41-25-30(21-23-37(41)40-26)29-20-22-34-35(24-29)39(28-14-6-3-7-15-28)33-18-9-8-17-32(33)38(34)27-12-4-2-5-13-27/h2-7,9-16,18-25H,1,8,17H2. The van der Waals surface area contributed by atoms with Gasteiger partial charge in [-0.1, -0.05) is 110 Å². The van der Waals surface area contributed by atoms with Crippen LogP contribution in [0.2, 0.25) is 0 Å². The van der Waals surface area contributed by atoms with Crippen LogP contribution in [0.15, 0.2) is 144 Å². The van der Waals surface area contributed by atoms with Crippen molar-refractivity contribution < 1.29 is 0 Å². The molecule has 0 radical (unpaired) electrons. The third-order valence-electron chi connectivity index (χ3n) is 8.30. The minimum absolute atomic E-state index is 0.793. The molecule has 3 aliphatic rings. The maximum atomic E-state index is 4.85. The average Bonchev–Trinajstić information content (AvgIpc) is 3.19. The van der Waals surface area contributed by atoms with Crippen LogP contribution in [0.3, 0.4) is 0 Å². The lowest BCUT2D eigenvalue weighted by atomic mass is 9.79. The summed E-state index contributed by atoms with van der Waals surface area (Å²) in [7, 11) is 0. The van der Waals surface area contributed by atoms with Gasteiger partial charge in [0.15, 0.2) is 0 Å². The number of nitrogens with zero attached hydrogens (tertiary/aromatic N) is 2. The normalized spacial score (nSPS) is 15.4. The Morgan fingerprint density at radius 1 is 0.690 bits per heavy atom. The molecule has 8 rings (SSSR count). The lowest BCUT2D eigenvalue weighted by molar-refractivity contribution is 0.932. The molecule has 2 nitrogen and oxygen atoms in total. The highest BCUT2D eigenvalue weighted by Crippen LogP contribution is 2.46. The Bertz CT molecular complexity index is 2010. The van der Waals surface area contributed by atoms with E-state index in [9.17, 15) is 0 Å². The smallest absolute Gasteiger partial charge is 0.143 e. The quantitative estimate of drug-likeness (QED) is 0.205. The van der Waals surface area contributed by atoms with E-state index in [1.54, 1.807) is 11.9 Å². The third kappa shape index (κ3) is 4.17. The molecule has 1 aliphatic carbocycles. The number of hydrogen-bond acceptors (Lipinski definition) is 3. The van der Waals surface area contributed by atoms with Gasteiger partial charge in [-0.05, 0) is 104 Å². The molecule has 3 heteroatoms. The number of hydrogen-bond donors (Lipinski definition) is 0. The zero-order chi connectivity index (χ0) is 28.0. The number of amidine groups is 1. The molecule has 5 aromatic rings. The predicted molar refractivity (Wildman–Crippen MR) is 180 cm³/mol. The first kappa shape index (κ1) is 24.9. The predicted octanol–water partition coefficient (Wildman–Crippen LogP) is 10.4. The highest BCUT2D eigenvalue weighted by molar-refractivity contribution is 7.97. The SMILES string of the molecule is C=C1N=C2C=CC(c3ccc4c(-c5ccccc5)c5c(c(-c6ccccc6)c4c3)C=CCC5)=CN2Sc2ccccc21. The van der Waals surface area contributed by atoms with Gasteiger partial charge in [-0.25, -0.2) is 4.99 Å². The summed E-state index contributed by atoms with van der Waals surface area (Å²) in [5.74, 6) is 0.890. The summed E-state index contributed by atoms with van der Waals surface area (Å²) in [6.45, 7) is 4.24. The Hall–Kier alpha value is -4.86. The Balaban J connectivity index is 1.34. The summed E-state index contributed by atoms with van der Waals surface area (Å²) in [4.78, 5) is 6.01. The zero-order valence-electron chi connectivity index (χ0n) is 23.1. The summed E-state index contributed by atoms with van der Waals surface area (Å²) in [6.07, 6.45) is 13.3. The van der Waals surface area contributed by atoms with Crippen LogP contribution in [0.25, 0.3) is 50.4 Å². The molecule has 2 heterocycles. The highest BCUT2D eigenvalue weighted by Gasteiger charge is 2.24. The molecule has 0 spiro atoms. The van der Waals surface area contributed by atoms with Gasteiger partial charge in [-0.3, -0.25) is 4.31 Å². The Kier molecular flexibility index (Phi) is 6.05. The average molecular weight is 557 g/mol. The summed E-state index contributed by atoms with van der Waals surface area (Å²) in [5.41, 5.74) is 12.2. The molecule has 42 heavy (non-hydrogen) atoms. The fraction of sp³-hybridized carbons (Fsp3) is 0.0513. The summed E-state index contributed by atoms with van der Waals surface area (Å²) in [6, 6.07) is 37.1. The van der Waals surface area contributed by atoms with E-state index < -0.39 is 0 Å². The van der Waals surface area contributed by atoms with Gasteiger partial charge in [0, 0.05) is 16.7 Å². The van der Waals surface area contributed by atoms with Gasteiger partial charge in [-0.15, -0.1) is 0 Å². The molecule has 0 aromatic heterocycles. The number of fused-ring (bicyclic) bond motifs is 4. The van der Waals surface area contributed by atoms with Crippen LogP contribution in [0.1, 0.15) is 28.7 Å². The van der Waals surface area contributed by atoms with E-state index in [1.165, 1.54) is 49.7 Å². The van der Waals surface area contributed by atoms with E-state index >= 15 is 0 Å². The fourth-order valence-corrected chi connectivity index (χ4v) is 7.35. The van der Waals surface area contributed by atoms with Crippen LogP contribution < -0.4 is 0 Å². The Labute approximate surface area is 250 Å². The number of aliphatic imine (C=N–C) groups is 1. The van der Waals surface area contributed by atoms with Crippen LogP contribution in [0, 0.1) is 0 Å². The van der Waals surface area contributed by atoms with Gasteiger partial charge in [0.25, 0.3) is 0 Å². The molecule has 0 bridgehead atoms. The topological polar surface area (TPSA) is 15.6 Å². The van der Waals surface area contributed by atoms with Gasteiger partial charge in [0.1, 0.15) is 5.84 Å². The van der Waals surface area contributed by atoms with Crippen LogP contribution >= 0.6 is 11.9 Å². The van der Waals surface area contributed by atoms with E-state index in [1.807, 2.05) is 6.07 Å². The second-order valence-electron chi connectivity index (χ2n) is 10.8. The first-order valence-corrected chi connectivity index (χ1v) is 15.2. The fourth-order valence-electron chi connectivity index (χ4n) is 6.36. The minimum Gasteiger partial charge on any atom is -0.271 e. The van der Waals surface area contributed by atoms with Crippen molar-refractivity contribution in [1.82, 2.24) is 4.31 Å². The van der Waals surface area contributed by atoms with E-state index in [4.69, 9.17) is 4.99 Å². The van der Waals surface area contributed by atoms with Crippen LogP contribution in [0.4, 0.5) is 0 Å².